The Hall–Kier alpha value is -0.990. The van der Waals surface area contributed by atoms with Crippen LogP contribution in [0.4, 0.5) is 13.2 Å². The summed E-state index contributed by atoms with van der Waals surface area (Å²) in [6.45, 7) is 3.26. The summed E-state index contributed by atoms with van der Waals surface area (Å²) in [5, 5.41) is 2.14. The van der Waals surface area contributed by atoms with Crippen molar-refractivity contribution in [2.45, 2.75) is 63.6 Å². The maximum absolute atomic E-state index is 12.4. The van der Waals surface area contributed by atoms with Crippen LogP contribution in [-0.4, -0.2) is 49.8 Å². The van der Waals surface area contributed by atoms with Crippen molar-refractivity contribution in [2.75, 3.05) is 26.7 Å². The fourth-order valence-electron chi connectivity index (χ4n) is 4.79. The fraction of sp³-hybridized carbons (Fsp3) is 0.696. The van der Waals surface area contributed by atoms with Crippen LogP contribution in [-0.2, 0) is 11.2 Å². The number of hydrogen-bond acceptors (Lipinski definition) is 3. The van der Waals surface area contributed by atoms with E-state index in [0.717, 1.165) is 55.5 Å². The Morgan fingerprint density at radius 2 is 1.78 bits per heavy atom. The second kappa shape index (κ2) is 12.5. The van der Waals surface area contributed by atoms with Gasteiger partial charge in [-0.15, -0.1) is 12.4 Å². The minimum absolute atomic E-state index is 0. The molecule has 32 heavy (non-hydrogen) atoms. The number of piperidine rings is 1. The first-order chi connectivity index (χ1) is 14.7. The molecule has 1 N–H and O–H groups in total. The molecule has 1 aliphatic heterocycles. The molecule has 3 rings (SSSR count). The number of halogens is 5. The third-order valence-electron chi connectivity index (χ3n) is 6.76. The lowest BCUT2D eigenvalue weighted by Crippen LogP contribution is -2.44. The van der Waals surface area contributed by atoms with Crippen molar-refractivity contribution in [3.8, 4) is 5.75 Å². The van der Waals surface area contributed by atoms with Gasteiger partial charge >= 0.3 is 12.1 Å². The molecule has 1 amide bonds. The zero-order valence-corrected chi connectivity index (χ0v) is 20.8. The van der Waals surface area contributed by atoms with Gasteiger partial charge in [-0.05, 0) is 107 Å². The molecule has 1 heterocycles. The monoisotopic (exact) mass is 540 g/mol. The molecular formula is C23H33BrClF3N2O2. The zero-order chi connectivity index (χ0) is 22.4. The lowest BCUT2D eigenvalue weighted by Gasteiger charge is -2.34. The highest BCUT2D eigenvalue weighted by molar-refractivity contribution is 9.10. The topological polar surface area (TPSA) is 41.6 Å². The second-order valence-electron chi connectivity index (χ2n) is 8.92. The largest absolute Gasteiger partial charge is 0.497 e. The van der Waals surface area contributed by atoms with Crippen molar-refractivity contribution in [1.29, 1.82) is 0 Å². The van der Waals surface area contributed by atoms with Gasteiger partial charge in [0.05, 0.1) is 7.11 Å². The number of carbonyl (C=O) groups is 1. The van der Waals surface area contributed by atoms with E-state index in [9.17, 15) is 18.0 Å². The second-order valence-corrected chi connectivity index (χ2v) is 9.78. The Kier molecular flexibility index (Phi) is 10.6. The van der Waals surface area contributed by atoms with E-state index in [2.05, 4.69) is 32.2 Å². The summed E-state index contributed by atoms with van der Waals surface area (Å²) in [6, 6.07) is 5.79. The van der Waals surface area contributed by atoms with Gasteiger partial charge in [0.1, 0.15) is 5.75 Å². The number of rotatable bonds is 7. The van der Waals surface area contributed by atoms with E-state index in [1.165, 1.54) is 18.4 Å². The molecule has 1 aliphatic carbocycles. The number of alkyl halides is 3. The number of amides is 1. The smallest absolute Gasteiger partial charge is 0.471 e. The van der Waals surface area contributed by atoms with E-state index in [1.54, 1.807) is 7.11 Å². The lowest BCUT2D eigenvalue weighted by molar-refractivity contribution is -0.174. The first-order valence-electron chi connectivity index (χ1n) is 11.2. The SMILES string of the molecule is COc1ccc(Br)c(CC2CCN(CC[C@H]3CC[C@H](NC(=O)C(F)(F)F)CC3)CC2)c1.Cl. The number of carbonyl (C=O) groups excluding carboxylic acids is 1. The standard InChI is InChI=1S/C23H32BrF3N2O2.ClH/c1-31-20-6-7-21(24)18(15-20)14-17-9-12-29(13-10-17)11-8-16-2-4-19(5-3-16)28-22(30)23(25,26)27;/h6-7,15-17,19H,2-5,8-14H2,1H3,(H,28,30);1H/t16-,19-;. The number of nitrogens with one attached hydrogen (secondary N) is 1. The van der Waals surface area contributed by atoms with Crippen LogP contribution >= 0.6 is 28.3 Å². The molecule has 2 fully saturated rings. The first-order valence-corrected chi connectivity index (χ1v) is 12.0. The summed E-state index contributed by atoms with van der Waals surface area (Å²) in [7, 11) is 1.69. The van der Waals surface area contributed by atoms with Gasteiger partial charge in [-0.25, -0.2) is 0 Å². The molecule has 2 aliphatic rings. The van der Waals surface area contributed by atoms with Gasteiger partial charge in [-0.3, -0.25) is 4.79 Å². The molecule has 0 unspecified atom stereocenters. The van der Waals surface area contributed by atoms with Crippen molar-refractivity contribution in [1.82, 2.24) is 10.2 Å². The highest BCUT2D eigenvalue weighted by Gasteiger charge is 2.40. The highest BCUT2D eigenvalue weighted by atomic mass is 79.9. The number of benzene rings is 1. The average molecular weight is 542 g/mol. The van der Waals surface area contributed by atoms with Crippen LogP contribution in [0.25, 0.3) is 0 Å². The van der Waals surface area contributed by atoms with Gasteiger partial charge in [0.25, 0.3) is 0 Å². The fourth-order valence-corrected chi connectivity index (χ4v) is 5.20. The third kappa shape index (κ3) is 8.10. The van der Waals surface area contributed by atoms with Crippen LogP contribution in [0.1, 0.15) is 50.5 Å². The van der Waals surface area contributed by atoms with Gasteiger partial charge in [0.15, 0.2) is 0 Å². The number of hydrogen-bond donors (Lipinski definition) is 1. The zero-order valence-electron chi connectivity index (χ0n) is 18.4. The quantitative estimate of drug-likeness (QED) is 0.477. The van der Waals surface area contributed by atoms with E-state index in [1.807, 2.05) is 12.1 Å². The lowest BCUT2D eigenvalue weighted by atomic mass is 9.83. The van der Waals surface area contributed by atoms with Crippen LogP contribution in [0.3, 0.4) is 0 Å². The van der Waals surface area contributed by atoms with E-state index in [4.69, 9.17) is 4.74 Å². The molecule has 0 atom stereocenters. The van der Waals surface area contributed by atoms with E-state index in [-0.39, 0.29) is 18.4 Å². The first kappa shape index (κ1) is 27.3. The predicted octanol–water partition coefficient (Wildman–Crippen LogP) is 5.76. The van der Waals surface area contributed by atoms with Crippen molar-refractivity contribution in [3.05, 3.63) is 28.2 Å². The number of likely N-dealkylation sites (tertiary alicyclic amines) is 1. The average Bonchev–Trinajstić information content (AvgIpc) is 2.75. The number of nitrogens with zero attached hydrogens (tertiary/aromatic N) is 1. The molecule has 0 bridgehead atoms. The van der Waals surface area contributed by atoms with E-state index < -0.39 is 12.1 Å². The molecule has 0 radical (unpaired) electrons. The Labute approximate surface area is 203 Å². The normalized spacial score (nSPS) is 22.8. The van der Waals surface area contributed by atoms with Crippen LogP contribution in [0.2, 0.25) is 0 Å². The van der Waals surface area contributed by atoms with E-state index >= 15 is 0 Å². The van der Waals surface area contributed by atoms with Gasteiger partial charge in [0.2, 0.25) is 0 Å². The molecule has 1 saturated heterocycles. The van der Waals surface area contributed by atoms with Gasteiger partial charge in [-0.2, -0.15) is 13.2 Å². The summed E-state index contributed by atoms with van der Waals surface area (Å²) in [4.78, 5) is 13.6. The van der Waals surface area contributed by atoms with E-state index in [0.29, 0.717) is 24.7 Å². The highest BCUT2D eigenvalue weighted by Crippen LogP contribution is 2.31. The van der Waals surface area contributed by atoms with Gasteiger partial charge in [-0.1, -0.05) is 15.9 Å². The number of ether oxygens (including phenoxy) is 1. The van der Waals surface area contributed by atoms with Crippen LogP contribution in [0, 0.1) is 11.8 Å². The summed E-state index contributed by atoms with van der Waals surface area (Å²) in [5.41, 5.74) is 1.30. The molecule has 1 aromatic carbocycles. The summed E-state index contributed by atoms with van der Waals surface area (Å²) in [6.07, 6.45) is 2.79. The van der Waals surface area contributed by atoms with Crippen LogP contribution in [0.5, 0.6) is 5.75 Å². The third-order valence-corrected chi connectivity index (χ3v) is 7.54. The number of methoxy groups -OCH3 is 1. The molecule has 9 heteroatoms. The maximum atomic E-state index is 12.4. The molecule has 1 saturated carbocycles. The Morgan fingerprint density at radius 3 is 2.38 bits per heavy atom. The van der Waals surface area contributed by atoms with Crippen molar-refractivity contribution in [3.63, 3.8) is 0 Å². The molecule has 1 aromatic rings. The van der Waals surface area contributed by atoms with Crippen molar-refractivity contribution in [2.24, 2.45) is 11.8 Å². The summed E-state index contributed by atoms with van der Waals surface area (Å²) < 4.78 is 43.6. The molecule has 182 valence electrons. The van der Waals surface area contributed by atoms with Crippen molar-refractivity contribution >= 4 is 34.2 Å². The predicted molar refractivity (Wildman–Crippen MR) is 125 cm³/mol. The van der Waals surface area contributed by atoms with Crippen molar-refractivity contribution < 1.29 is 22.7 Å². The van der Waals surface area contributed by atoms with Gasteiger partial charge < -0.3 is 15.0 Å². The summed E-state index contributed by atoms with van der Waals surface area (Å²) >= 11 is 3.65. The minimum atomic E-state index is -4.79. The Bertz CT molecular complexity index is 734. The molecular weight excluding hydrogens is 509 g/mol. The van der Waals surface area contributed by atoms with Crippen LogP contribution < -0.4 is 10.1 Å². The minimum Gasteiger partial charge on any atom is -0.497 e. The Balaban J connectivity index is 0.00000363. The maximum Gasteiger partial charge on any atom is 0.471 e. The van der Waals surface area contributed by atoms with Crippen LogP contribution in [0.15, 0.2) is 22.7 Å². The van der Waals surface area contributed by atoms with Gasteiger partial charge in [0, 0.05) is 10.5 Å². The molecule has 4 nitrogen and oxygen atoms in total. The Morgan fingerprint density at radius 1 is 1.12 bits per heavy atom. The molecule has 0 aromatic heterocycles. The summed E-state index contributed by atoms with van der Waals surface area (Å²) in [5.74, 6) is 0.306. The molecule has 0 spiro atoms.